The summed E-state index contributed by atoms with van der Waals surface area (Å²) in [5, 5.41) is 3.18. The Labute approximate surface area is 133 Å². The lowest BCUT2D eigenvalue weighted by Gasteiger charge is -2.26. The number of aryl methyl sites for hydroxylation is 2. The van der Waals surface area contributed by atoms with Gasteiger partial charge < -0.3 is 5.32 Å². The van der Waals surface area contributed by atoms with Crippen molar-refractivity contribution in [2.24, 2.45) is 0 Å². The Morgan fingerprint density at radius 2 is 2.05 bits per heavy atom. The highest BCUT2D eigenvalue weighted by Gasteiger charge is 2.21. The van der Waals surface area contributed by atoms with Gasteiger partial charge >= 0.3 is 0 Å². The molecule has 3 rings (SSSR count). The van der Waals surface area contributed by atoms with E-state index in [2.05, 4.69) is 39.4 Å². The van der Waals surface area contributed by atoms with Crippen LogP contribution >= 0.6 is 15.9 Å². The lowest BCUT2D eigenvalue weighted by Crippen LogP contribution is -2.31. The first kappa shape index (κ1) is 14.3. The average molecular weight is 344 g/mol. The molecule has 2 aromatic carbocycles. The van der Waals surface area contributed by atoms with Gasteiger partial charge in [0.25, 0.3) is 5.91 Å². The highest BCUT2D eigenvalue weighted by molar-refractivity contribution is 9.10. The molecule has 1 aliphatic carbocycles. The summed E-state index contributed by atoms with van der Waals surface area (Å²) >= 11 is 3.49. The predicted octanol–water partition coefficient (Wildman–Crippen LogP) is 4.56. The van der Waals surface area contributed by atoms with Crippen molar-refractivity contribution < 1.29 is 4.79 Å². The number of benzene rings is 2. The van der Waals surface area contributed by atoms with Crippen LogP contribution in [0.25, 0.3) is 0 Å². The maximum Gasteiger partial charge on any atom is 0.251 e. The van der Waals surface area contributed by atoms with Gasteiger partial charge in [0.1, 0.15) is 0 Å². The van der Waals surface area contributed by atoms with Crippen molar-refractivity contribution in [3.63, 3.8) is 0 Å². The van der Waals surface area contributed by atoms with Crippen LogP contribution in [0.1, 0.15) is 45.9 Å². The van der Waals surface area contributed by atoms with E-state index in [1.54, 1.807) is 0 Å². The fraction of sp³-hybridized carbons (Fsp3) is 0.278. The van der Waals surface area contributed by atoms with Crippen LogP contribution in [0.4, 0.5) is 0 Å². The number of carbonyl (C=O) groups is 1. The third kappa shape index (κ3) is 3.03. The summed E-state index contributed by atoms with van der Waals surface area (Å²) in [4.78, 5) is 12.5. The van der Waals surface area contributed by atoms with Crippen LogP contribution in [0.5, 0.6) is 0 Å². The molecule has 0 aromatic heterocycles. The number of halogens is 1. The Morgan fingerprint density at radius 3 is 2.86 bits per heavy atom. The molecule has 21 heavy (non-hydrogen) atoms. The smallest absolute Gasteiger partial charge is 0.251 e. The van der Waals surface area contributed by atoms with Crippen LogP contribution in [-0.4, -0.2) is 5.91 Å². The maximum atomic E-state index is 12.5. The fourth-order valence-corrected chi connectivity index (χ4v) is 3.26. The third-order valence-electron chi connectivity index (χ3n) is 4.11. The monoisotopic (exact) mass is 343 g/mol. The molecule has 108 valence electrons. The average Bonchev–Trinajstić information content (AvgIpc) is 2.50. The molecule has 3 heteroatoms. The van der Waals surface area contributed by atoms with Gasteiger partial charge in [0.15, 0.2) is 0 Å². The molecule has 1 amide bonds. The number of hydrogen-bond acceptors (Lipinski definition) is 1. The van der Waals surface area contributed by atoms with Crippen molar-refractivity contribution in [1.82, 2.24) is 5.32 Å². The summed E-state index contributed by atoms with van der Waals surface area (Å²) in [5.74, 6) is -0.00240. The van der Waals surface area contributed by atoms with Gasteiger partial charge in [0.2, 0.25) is 0 Å². The molecule has 2 aromatic rings. The first-order valence-electron chi connectivity index (χ1n) is 7.30. The molecule has 0 saturated carbocycles. The molecule has 0 bridgehead atoms. The molecule has 0 aliphatic heterocycles. The van der Waals surface area contributed by atoms with Gasteiger partial charge in [-0.25, -0.2) is 0 Å². The van der Waals surface area contributed by atoms with Gasteiger partial charge in [-0.15, -0.1) is 0 Å². The summed E-state index contributed by atoms with van der Waals surface area (Å²) in [6.45, 7) is 2.02. The van der Waals surface area contributed by atoms with E-state index in [-0.39, 0.29) is 11.9 Å². The Kier molecular flexibility index (Phi) is 4.11. The molecule has 1 unspecified atom stereocenters. The highest BCUT2D eigenvalue weighted by atomic mass is 79.9. The largest absolute Gasteiger partial charge is 0.345 e. The Bertz CT molecular complexity index is 681. The van der Waals surface area contributed by atoms with Gasteiger partial charge in [-0.3, -0.25) is 4.79 Å². The van der Waals surface area contributed by atoms with Gasteiger partial charge in [-0.1, -0.05) is 46.3 Å². The molecule has 1 N–H and O–H groups in total. The molecular weight excluding hydrogens is 326 g/mol. The van der Waals surface area contributed by atoms with E-state index in [9.17, 15) is 4.79 Å². The standard InChI is InChI=1S/C18H18BrNO/c1-12-9-10-14(11-16(12)19)18(21)20-17-8-4-6-13-5-2-3-7-15(13)17/h2-3,5,7,9-11,17H,4,6,8H2,1H3,(H,20,21). The minimum atomic E-state index is -0.00240. The zero-order valence-corrected chi connectivity index (χ0v) is 13.6. The second-order valence-corrected chi connectivity index (χ2v) is 6.44. The van der Waals surface area contributed by atoms with Crippen LogP contribution in [0.3, 0.4) is 0 Å². The first-order chi connectivity index (χ1) is 10.1. The quantitative estimate of drug-likeness (QED) is 0.850. The van der Waals surface area contributed by atoms with Gasteiger partial charge in [0, 0.05) is 10.0 Å². The molecule has 0 spiro atoms. The maximum absolute atomic E-state index is 12.5. The minimum absolute atomic E-state index is 0.00240. The van der Waals surface area contributed by atoms with E-state index in [4.69, 9.17) is 0 Å². The van der Waals surface area contributed by atoms with Gasteiger partial charge in [0.05, 0.1) is 6.04 Å². The van der Waals surface area contributed by atoms with Crippen molar-refractivity contribution in [3.05, 3.63) is 69.2 Å². The predicted molar refractivity (Wildman–Crippen MR) is 88.5 cm³/mol. The molecule has 0 heterocycles. The number of carbonyl (C=O) groups excluding carboxylic acids is 1. The Morgan fingerprint density at radius 1 is 1.24 bits per heavy atom. The van der Waals surface area contributed by atoms with E-state index in [0.717, 1.165) is 29.3 Å². The molecular formula is C18H18BrNO. The molecule has 0 fully saturated rings. The third-order valence-corrected chi connectivity index (χ3v) is 4.96. The number of fused-ring (bicyclic) bond motifs is 1. The van der Waals surface area contributed by atoms with Crippen molar-refractivity contribution in [3.8, 4) is 0 Å². The minimum Gasteiger partial charge on any atom is -0.345 e. The molecule has 0 saturated heterocycles. The first-order valence-corrected chi connectivity index (χ1v) is 8.09. The molecule has 2 nitrogen and oxygen atoms in total. The van der Waals surface area contributed by atoms with E-state index < -0.39 is 0 Å². The van der Waals surface area contributed by atoms with Crippen LogP contribution in [0, 0.1) is 6.92 Å². The van der Waals surface area contributed by atoms with Gasteiger partial charge in [-0.2, -0.15) is 0 Å². The number of nitrogens with one attached hydrogen (secondary N) is 1. The summed E-state index contributed by atoms with van der Waals surface area (Å²) in [6.07, 6.45) is 3.24. The summed E-state index contributed by atoms with van der Waals surface area (Å²) < 4.78 is 0.971. The van der Waals surface area contributed by atoms with E-state index in [1.807, 2.05) is 31.2 Å². The van der Waals surface area contributed by atoms with Crippen LogP contribution < -0.4 is 5.32 Å². The number of rotatable bonds is 2. The second kappa shape index (κ2) is 6.02. The SMILES string of the molecule is Cc1ccc(C(=O)NC2CCCc3ccccc32)cc1Br. The summed E-state index contributed by atoms with van der Waals surface area (Å²) in [7, 11) is 0. The van der Waals surface area contributed by atoms with E-state index in [0.29, 0.717) is 5.56 Å². The van der Waals surface area contributed by atoms with Crippen LogP contribution in [0.2, 0.25) is 0 Å². The molecule has 0 radical (unpaired) electrons. The van der Waals surface area contributed by atoms with E-state index in [1.165, 1.54) is 11.1 Å². The zero-order valence-electron chi connectivity index (χ0n) is 12.0. The summed E-state index contributed by atoms with van der Waals surface area (Å²) in [5.41, 5.74) is 4.47. The molecule has 1 atom stereocenters. The molecule has 1 aliphatic rings. The van der Waals surface area contributed by atoms with Crippen molar-refractivity contribution in [1.29, 1.82) is 0 Å². The van der Waals surface area contributed by atoms with Crippen LogP contribution in [-0.2, 0) is 6.42 Å². The Hall–Kier alpha value is -1.61. The highest BCUT2D eigenvalue weighted by Crippen LogP contribution is 2.29. The zero-order chi connectivity index (χ0) is 14.8. The lowest BCUT2D eigenvalue weighted by atomic mass is 9.87. The number of hydrogen-bond donors (Lipinski definition) is 1. The lowest BCUT2D eigenvalue weighted by molar-refractivity contribution is 0.0932. The van der Waals surface area contributed by atoms with Crippen molar-refractivity contribution >= 4 is 21.8 Å². The topological polar surface area (TPSA) is 29.1 Å². The number of amides is 1. The van der Waals surface area contributed by atoms with Crippen molar-refractivity contribution in [2.75, 3.05) is 0 Å². The normalized spacial score (nSPS) is 17.1. The fourth-order valence-electron chi connectivity index (χ4n) is 2.88. The van der Waals surface area contributed by atoms with Gasteiger partial charge in [-0.05, 0) is 55.0 Å². The summed E-state index contributed by atoms with van der Waals surface area (Å²) in [6, 6.07) is 14.3. The van der Waals surface area contributed by atoms with Crippen LogP contribution in [0.15, 0.2) is 46.9 Å². The van der Waals surface area contributed by atoms with E-state index >= 15 is 0 Å². The Balaban J connectivity index is 1.81. The van der Waals surface area contributed by atoms with Crippen molar-refractivity contribution in [2.45, 2.75) is 32.2 Å². The second-order valence-electron chi connectivity index (χ2n) is 5.58.